The molecule has 2 aromatic carbocycles. The number of hydrogen-bond acceptors (Lipinski definition) is 3. The van der Waals surface area contributed by atoms with Gasteiger partial charge in [-0.2, -0.15) is 0 Å². The summed E-state index contributed by atoms with van der Waals surface area (Å²) in [5.74, 6) is -0.459. The van der Waals surface area contributed by atoms with Gasteiger partial charge in [0.15, 0.2) is 0 Å². The van der Waals surface area contributed by atoms with Crippen molar-refractivity contribution in [2.24, 2.45) is 0 Å². The molecule has 7 heteroatoms. The second-order valence-electron chi connectivity index (χ2n) is 6.36. The highest BCUT2D eigenvalue weighted by Gasteiger charge is 2.21. The maximum Gasteiger partial charge on any atom is 0.251 e. The first-order valence-corrected chi connectivity index (χ1v) is 9.23. The molecule has 0 atom stereocenters. The summed E-state index contributed by atoms with van der Waals surface area (Å²) >= 11 is 5.80. The third-order valence-electron chi connectivity index (χ3n) is 4.55. The molecule has 2 aromatic rings. The molecule has 142 valence electrons. The highest BCUT2D eigenvalue weighted by Crippen LogP contribution is 2.17. The Balaban J connectivity index is 1.41. The van der Waals surface area contributed by atoms with E-state index in [1.165, 1.54) is 12.1 Å². The van der Waals surface area contributed by atoms with Crippen LogP contribution in [0.3, 0.4) is 0 Å². The summed E-state index contributed by atoms with van der Waals surface area (Å²) in [6.45, 7) is 2.92. The lowest BCUT2D eigenvalue weighted by molar-refractivity contribution is -0.131. The minimum atomic E-state index is -0.256. The van der Waals surface area contributed by atoms with Gasteiger partial charge in [0.1, 0.15) is 5.82 Å². The summed E-state index contributed by atoms with van der Waals surface area (Å²) in [6, 6.07) is 13.0. The van der Waals surface area contributed by atoms with Gasteiger partial charge in [-0.1, -0.05) is 11.6 Å². The average Bonchev–Trinajstić information content (AvgIpc) is 2.69. The van der Waals surface area contributed by atoms with Crippen molar-refractivity contribution in [1.29, 1.82) is 0 Å². The van der Waals surface area contributed by atoms with Gasteiger partial charge in [0.25, 0.3) is 5.91 Å². The first-order chi connectivity index (χ1) is 13.0. The number of halogens is 2. The average molecular weight is 390 g/mol. The molecule has 0 saturated carbocycles. The molecule has 27 heavy (non-hydrogen) atoms. The summed E-state index contributed by atoms with van der Waals surface area (Å²) in [4.78, 5) is 28.3. The molecule has 5 nitrogen and oxygen atoms in total. The Kier molecular flexibility index (Phi) is 6.29. The van der Waals surface area contributed by atoms with Crippen LogP contribution < -0.4 is 10.2 Å². The largest absolute Gasteiger partial charge is 0.368 e. The third-order valence-corrected chi connectivity index (χ3v) is 4.81. The Morgan fingerprint density at radius 1 is 0.963 bits per heavy atom. The van der Waals surface area contributed by atoms with E-state index in [1.807, 2.05) is 0 Å². The topological polar surface area (TPSA) is 52.7 Å². The van der Waals surface area contributed by atoms with Crippen LogP contribution >= 0.6 is 11.6 Å². The van der Waals surface area contributed by atoms with Crippen molar-refractivity contribution in [3.05, 3.63) is 64.9 Å². The van der Waals surface area contributed by atoms with Crippen LogP contribution in [0.4, 0.5) is 10.1 Å². The number of carbonyl (C=O) groups excluding carboxylic acids is 2. The van der Waals surface area contributed by atoms with Gasteiger partial charge in [0.2, 0.25) is 5.91 Å². The van der Waals surface area contributed by atoms with Crippen LogP contribution in [0, 0.1) is 5.82 Å². The van der Waals surface area contributed by atoms with Gasteiger partial charge in [-0.25, -0.2) is 4.39 Å². The molecule has 1 aliphatic rings. The summed E-state index contributed by atoms with van der Waals surface area (Å²) in [6.07, 6.45) is 0.260. The minimum absolute atomic E-state index is 0.0187. The lowest BCUT2D eigenvalue weighted by Gasteiger charge is -2.36. The van der Waals surface area contributed by atoms with Crippen molar-refractivity contribution in [1.82, 2.24) is 10.2 Å². The van der Waals surface area contributed by atoms with Gasteiger partial charge in [-0.05, 0) is 48.5 Å². The number of nitrogens with zero attached hydrogens (tertiary/aromatic N) is 2. The number of piperazine rings is 1. The van der Waals surface area contributed by atoms with E-state index in [9.17, 15) is 14.0 Å². The molecule has 0 aromatic heterocycles. The van der Waals surface area contributed by atoms with Crippen molar-refractivity contribution in [2.45, 2.75) is 6.42 Å². The van der Waals surface area contributed by atoms with Gasteiger partial charge in [-0.3, -0.25) is 9.59 Å². The monoisotopic (exact) mass is 389 g/mol. The zero-order valence-electron chi connectivity index (χ0n) is 14.8. The number of hydrogen-bond donors (Lipinski definition) is 1. The normalized spacial score (nSPS) is 14.1. The minimum Gasteiger partial charge on any atom is -0.368 e. The molecule has 0 bridgehead atoms. The quantitative estimate of drug-likeness (QED) is 0.855. The van der Waals surface area contributed by atoms with Crippen LogP contribution in [-0.2, 0) is 4.79 Å². The zero-order valence-corrected chi connectivity index (χ0v) is 15.6. The summed E-state index contributed by atoms with van der Waals surface area (Å²) in [5.41, 5.74) is 1.47. The lowest BCUT2D eigenvalue weighted by atomic mass is 10.2. The van der Waals surface area contributed by atoms with Crippen LogP contribution in [0.2, 0.25) is 5.02 Å². The Hall–Kier alpha value is -2.60. The molecule has 2 amide bonds. The number of anilines is 1. The van der Waals surface area contributed by atoms with E-state index in [-0.39, 0.29) is 24.1 Å². The van der Waals surface area contributed by atoms with Gasteiger partial charge >= 0.3 is 0 Å². The fourth-order valence-electron chi connectivity index (χ4n) is 3.01. The summed E-state index contributed by atoms with van der Waals surface area (Å²) in [5, 5.41) is 3.32. The second-order valence-corrected chi connectivity index (χ2v) is 6.79. The first-order valence-electron chi connectivity index (χ1n) is 8.85. The van der Waals surface area contributed by atoms with Crippen molar-refractivity contribution in [3.8, 4) is 0 Å². The molecule has 3 rings (SSSR count). The second kappa shape index (κ2) is 8.86. The van der Waals surface area contributed by atoms with Crippen LogP contribution in [0.1, 0.15) is 16.8 Å². The van der Waals surface area contributed by atoms with Crippen molar-refractivity contribution >= 4 is 29.1 Å². The molecule has 0 aliphatic carbocycles. The molecule has 1 fully saturated rings. The summed E-state index contributed by atoms with van der Waals surface area (Å²) in [7, 11) is 0. The third kappa shape index (κ3) is 5.20. The molecular formula is C20H21ClFN3O2. The lowest BCUT2D eigenvalue weighted by Crippen LogP contribution is -2.49. The van der Waals surface area contributed by atoms with E-state index in [0.29, 0.717) is 43.3 Å². The standard InChI is InChI=1S/C20H21ClFN3O2/c21-16-3-1-15(2-4-16)20(27)23-10-9-19(26)25-13-11-24(12-14-25)18-7-5-17(22)6-8-18/h1-8H,9-14H2,(H,23,27). The maximum atomic E-state index is 13.0. The predicted molar refractivity (Wildman–Crippen MR) is 104 cm³/mol. The number of nitrogens with one attached hydrogen (secondary N) is 1. The van der Waals surface area contributed by atoms with Crippen LogP contribution in [0.25, 0.3) is 0 Å². The molecule has 1 saturated heterocycles. The zero-order chi connectivity index (χ0) is 19.2. The van der Waals surface area contributed by atoms with E-state index >= 15 is 0 Å². The van der Waals surface area contributed by atoms with E-state index in [0.717, 1.165) is 5.69 Å². The van der Waals surface area contributed by atoms with E-state index in [2.05, 4.69) is 10.2 Å². The molecule has 1 heterocycles. The fraction of sp³-hybridized carbons (Fsp3) is 0.300. The number of benzene rings is 2. The summed E-state index contributed by atoms with van der Waals surface area (Å²) < 4.78 is 13.0. The Morgan fingerprint density at radius 2 is 1.59 bits per heavy atom. The molecule has 1 N–H and O–H groups in total. The smallest absolute Gasteiger partial charge is 0.251 e. The molecule has 0 radical (unpaired) electrons. The molecule has 1 aliphatic heterocycles. The number of carbonyl (C=O) groups is 2. The molecule has 0 spiro atoms. The van der Waals surface area contributed by atoms with Crippen LogP contribution in [-0.4, -0.2) is 49.4 Å². The number of rotatable bonds is 5. The van der Waals surface area contributed by atoms with Crippen LogP contribution in [0.5, 0.6) is 0 Å². The van der Waals surface area contributed by atoms with Gasteiger partial charge in [-0.15, -0.1) is 0 Å². The van der Waals surface area contributed by atoms with E-state index in [4.69, 9.17) is 11.6 Å². The highest BCUT2D eigenvalue weighted by molar-refractivity contribution is 6.30. The van der Waals surface area contributed by atoms with Gasteiger partial charge in [0, 0.05) is 55.4 Å². The SMILES string of the molecule is O=C(NCCC(=O)N1CCN(c2ccc(F)cc2)CC1)c1ccc(Cl)cc1. The van der Waals surface area contributed by atoms with Crippen molar-refractivity contribution < 1.29 is 14.0 Å². The molecular weight excluding hydrogens is 369 g/mol. The predicted octanol–water partition coefficient (Wildman–Crippen LogP) is 2.95. The Labute approximate surface area is 162 Å². The first kappa shape index (κ1) is 19.2. The Bertz CT molecular complexity index is 788. The van der Waals surface area contributed by atoms with Gasteiger partial charge in [0.05, 0.1) is 0 Å². The van der Waals surface area contributed by atoms with E-state index in [1.54, 1.807) is 41.3 Å². The van der Waals surface area contributed by atoms with E-state index < -0.39 is 0 Å². The van der Waals surface area contributed by atoms with Crippen molar-refractivity contribution in [2.75, 3.05) is 37.6 Å². The van der Waals surface area contributed by atoms with Crippen molar-refractivity contribution in [3.63, 3.8) is 0 Å². The van der Waals surface area contributed by atoms with Gasteiger partial charge < -0.3 is 15.1 Å². The fourth-order valence-corrected chi connectivity index (χ4v) is 3.14. The number of amides is 2. The molecule has 0 unspecified atom stereocenters. The maximum absolute atomic E-state index is 13.0. The van der Waals surface area contributed by atoms with Crippen LogP contribution in [0.15, 0.2) is 48.5 Å². The Morgan fingerprint density at radius 3 is 2.22 bits per heavy atom. The highest BCUT2D eigenvalue weighted by atomic mass is 35.5.